The average Bonchev–Trinajstić information content (AvgIpc) is 2.75. The monoisotopic (exact) mass is 458 g/mol. The maximum Gasteiger partial charge on any atom is 0.286 e. The number of aliphatic hydroxyl groups is 2. The van der Waals surface area contributed by atoms with Crippen LogP contribution in [0.25, 0.3) is 0 Å². The minimum Gasteiger partial charge on any atom is -0.491 e. The lowest BCUT2D eigenvalue weighted by Crippen LogP contribution is -2.17. The second kappa shape index (κ2) is 10.3. The van der Waals surface area contributed by atoms with Gasteiger partial charge in [0, 0.05) is 0 Å². The van der Waals surface area contributed by atoms with E-state index in [-0.39, 0.29) is 36.2 Å². The van der Waals surface area contributed by atoms with Crippen LogP contribution in [0.5, 0.6) is 11.5 Å². The van der Waals surface area contributed by atoms with E-state index in [1.165, 1.54) is 36.4 Å². The number of benzene rings is 2. The van der Waals surface area contributed by atoms with Gasteiger partial charge in [0.15, 0.2) is 0 Å². The fourth-order valence-corrected chi connectivity index (χ4v) is 6.51. The van der Waals surface area contributed by atoms with Crippen molar-refractivity contribution < 1.29 is 36.5 Å². The van der Waals surface area contributed by atoms with Crippen LogP contribution in [0.1, 0.15) is 25.0 Å². The molecule has 0 bridgehead atoms. The smallest absolute Gasteiger partial charge is 0.286 e. The van der Waals surface area contributed by atoms with Crippen molar-refractivity contribution in [2.75, 3.05) is 26.4 Å². The molecule has 2 aromatic carbocycles. The Morgan fingerprint density at radius 1 is 0.700 bits per heavy atom. The van der Waals surface area contributed by atoms with Crippen LogP contribution in [-0.4, -0.2) is 53.5 Å². The molecule has 2 rings (SSSR count). The summed E-state index contributed by atoms with van der Waals surface area (Å²) < 4.78 is 62.6. The van der Waals surface area contributed by atoms with Gasteiger partial charge in [0.25, 0.3) is 17.7 Å². The molecule has 0 aliphatic rings. The second-order valence-corrected chi connectivity index (χ2v) is 11.7. The number of aliphatic hydroxyl groups excluding tert-OH is 2. The fourth-order valence-electron chi connectivity index (χ4n) is 2.82. The van der Waals surface area contributed by atoms with Gasteiger partial charge in [-0.25, -0.2) is 16.8 Å². The minimum absolute atomic E-state index is 0.0435. The van der Waals surface area contributed by atoms with Gasteiger partial charge in [0.1, 0.15) is 24.7 Å². The molecule has 0 fully saturated rings. The standard InChI is InChI=1S/C20H26O8S2/c1-3-15-13-17(5-7-19(15)27-11-9-21)29(23,24)30(25,26)18-6-8-20(28-12-10-22)16(4-2)14-18/h5-8,13-14,21-22H,3-4,9-12H2,1-2H3. The van der Waals surface area contributed by atoms with Crippen LogP contribution in [-0.2, 0) is 30.6 Å². The molecular formula is C20H26O8S2. The normalized spacial score (nSPS) is 12.0. The van der Waals surface area contributed by atoms with Crippen LogP contribution in [0.2, 0.25) is 0 Å². The summed E-state index contributed by atoms with van der Waals surface area (Å²) in [6, 6.07) is 7.69. The summed E-state index contributed by atoms with van der Waals surface area (Å²) in [5.74, 6) is 0.781. The third-order valence-corrected chi connectivity index (χ3v) is 9.52. The molecule has 2 N–H and O–H groups in total. The van der Waals surface area contributed by atoms with E-state index in [9.17, 15) is 16.8 Å². The molecule has 0 saturated carbocycles. The third kappa shape index (κ3) is 4.94. The summed E-state index contributed by atoms with van der Waals surface area (Å²) in [6.07, 6.45) is 0.835. The Labute approximate surface area is 176 Å². The van der Waals surface area contributed by atoms with Crippen molar-refractivity contribution in [2.24, 2.45) is 0 Å². The van der Waals surface area contributed by atoms with Gasteiger partial charge >= 0.3 is 0 Å². The Kier molecular flexibility index (Phi) is 8.25. The van der Waals surface area contributed by atoms with Gasteiger partial charge in [0.2, 0.25) is 0 Å². The largest absolute Gasteiger partial charge is 0.491 e. The molecular weight excluding hydrogens is 432 g/mol. The van der Waals surface area contributed by atoms with E-state index in [4.69, 9.17) is 19.7 Å². The van der Waals surface area contributed by atoms with Crippen LogP contribution >= 0.6 is 0 Å². The summed E-state index contributed by atoms with van der Waals surface area (Å²) in [6.45, 7) is 3.25. The zero-order chi connectivity index (χ0) is 22.4. The Morgan fingerprint density at radius 2 is 1.07 bits per heavy atom. The van der Waals surface area contributed by atoms with Gasteiger partial charge in [-0.2, -0.15) is 0 Å². The zero-order valence-corrected chi connectivity index (χ0v) is 18.5. The fraction of sp³-hybridized carbons (Fsp3) is 0.400. The molecule has 0 aliphatic carbocycles. The van der Waals surface area contributed by atoms with E-state index in [0.717, 1.165) is 0 Å². The SMILES string of the molecule is CCc1cc(S(=O)(=O)S(=O)(=O)c2ccc(OCCO)c(CC)c2)ccc1OCCO. The molecule has 0 heterocycles. The Balaban J connectivity index is 2.48. The van der Waals surface area contributed by atoms with E-state index in [1.54, 1.807) is 13.8 Å². The molecule has 2 aromatic rings. The quantitative estimate of drug-likeness (QED) is 0.487. The van der Waals surface area contributed by atoms with Gasteiger partial charge in [0.05, 0.1) is 23.0 Å². The lowest BCUT2D eigenvalue weighted by molar-refractivity contribution is 0.200. The third-order valence-electron chi connectivity index (χ3n) is 4.39. The first-order valence-corrected chi connectivity index (χ1v) is 12.9. The van der Waals surface area contributed by atoms with Crippen LogP contribution in [0.3, 0.4) is 0 Å². The van der Waals surface area contributed by atoms with Crippen molar-refractivity contribution in [2.45, 2.75) is 36.5 Å². The molecule has 30 heavy (non-hydrogen) atoms. The van der Waals surface area contributed by atoms with E-state index >= 15 is 0 Å². The molecule has 0 aliphatic heterocycles. The molecule has 0 atom stereocenters. The van der Waals surface area contributed by atoms with Gasteiger partial charge in [-0.15, -0.1) is 0 Å². The molecule has 0 spiro atoms. The van der Waals surface area contributed by atoms with Crippen molar-refractivity contribution in [3.8, 4) is 11.5 Å². The van der Waals surface area contributed by atoms with Gasteiger partial charge in [-0.05, 0) is 60.4 Å². The lowest BCUT2D eigenvalue weighted by atomic mass is 10.1. The first-order valence-electron chi connectivity index (χ1n) is 9.46. The van der Waals surface area contributed by atoms with E-state index in [1.807, 2.05) is 0 Å². The highest BCUT2D eigenvalue weighted by Gasteiger charge is 2.34. The van der Waals surface area contributed by atoms with Crippen LogP contribution in [0.4, 0.5) is 0 Å². The predicted molar refractivity (Wildman–Crippen MR) is 111 cm³/mol. The molecule has 0 aromatic heterocycles. The summed E-state index contributed by atoms with van der Waals surface area (Å²) >= 11 is 0. The highest BCUT2D eigenvalue weighted by atomic mass is 33.2. The second-order valence-electron chi connectivity index (χ2n) is 6.30. The number of ether oxygens (including phenoxy) is 2. The highest BCUT2D eigenvalue weighted by molar-refractivity contribution is 8.67. The van der Waals surface area contributed by atoms with Gasteiger partial charge in [-0.3, -0.25) is 0 Å². The molecule has 0 amide bonds. The van der Waals surface area contributed by atoms with Gasteiger partial charge in [-0.1, -0.05) is 13.8 Å². The molecule has 0 unspecified atom stereocenters. The van der Waals surface area contributed by atoms with E-state index in [2.05, 4.69) is 0 Å². The first-order chi connectivity index (χ1) is 14.2. The molecule has 0 radical (unpaired) electrons. The predicted octanol–water partition coefficient (Wildman–Crippen LogP) is 1.72. The number of aryl methyl sites for hydroxylation is 2. The maximum atomic E-state index is 13.0. The Morgan fingerprint density at radius 3 is 1.37 bits per heavy atom. The van der Waals surface area contributed by atoms with Gasteiger partial charge < -0.3 is 19.7 Å². The van der Waals surface area contributed by atoms with Crippen molar-refractivity contribution in [1.29, 1.82) is 0 Å². The van der Waals surface area contributed by atoms with E-state index in [0.29, 0.717) is 35.5 Å². The number of rotatable bonds is 11. The summed E-state index contributed by atoms with van der Waals surface area (Å²) in [5.41, 5.74) is 1.03. The maximum absolute atomic E-state index is 13.0. The summed E-state index contributed by atoms with van der Waals surface area (Å²) in [7, 11) is -9.46. The van der Waals surface area contributed by atoms with E-state index < -0.39 is 17.7 Å². The number of hydrogen-bond donors (Lipinski definition) is 2. The van der Waals surface area contributed by atoms with Crippen LogP contribution in [0.15, 0.2) is 46.2 Å². The minimum atomic E-state index is -4.73. The number of hydrogen-bond acceptors (Lipinski definition) is 8. The van der Waals surface area contributed by atoms with Crippen molar-refractivity contribution in [1.82, 2.24) is 0 Å². The Hall–Kier alpha value is -2.14. The molecule has 8 nitrogen and oxygen atoms in total. The topological polar surface area (TPSA) is 127 Å². The molecule has 10 heteroatoms. The summed E-state index contributed by atoms with van der Waals surface area (Å²) in [4.78, 5) is -0.705. The van der Waals surface area contributed by atoms with Crippen molar-refractivity contribution >= 4 is 17.7 Å². The van der Waals surface area contributed by atoms with Crippen molar-refractivity contribution in [3.63, 3.8) is 0 Å². The Bertz CT molecular complexity index is 988. The van der Waals surface area contributed by atoms with Crippen molar-refractivity contribution in [3.05, 3.63) is 47.5 Å². The molecule has 0 saturated heterocycles. The first kappa shape index (κ1) is 24.1. The zero-order valence-electron chi connectivity index (χ0n) is 16.9. The summed E-state index contributed by atoms with van der Waals surface area (Å²) in [5, 5.41) is 17.8. The van der Waals surface area contributed by atoms with Crippen LogP contribution < -0.4 is 9.47 Å². The highest BCUT2D eigenvalue weighted by Crippen LogP contribution is 2.31. The average molecular weight is 459 g/mol. The molecule has 166 valence electrons. The van der Waals surface area contributed by atoms with Crippen LogP contribution in [0, 0.1) is 0 Å². The lowest BCUT2D eigenvalue weighted by Gasteiger charge is -2.14.